The minimum atomic E-state index is -0.547. The summed E-state index contributed by atoms with van der Waals surface area (Å²) in [7, 11) is 0. The number of nitro benzene ring substituents is 1. The minimum Gasteiger partial charge on any atom is -0.462 e. The third-order valence-electron chi connectivity index (χ3n) is 4.21. The van der Waals surface area contributed by atoms with Crippen LogP contribution in [-0.4, -0.2) is 36.7 Å². The summed E-state index contributed by atoms with van der Waals surface area (Å²) in [5.41, 5.74) is 0.746. The Bertz CT molecular complexity index is 1310. The third-order valence-corrected chi connectivity index (χ3v) is 4.21. The van der Waals surface area contributed by atoms with Crippen molar-refractivity contribution in [2.24, 2.45) is 0 Å². The summed E-state index contributed by atoms with van der Waals surface area (Å²) < 4.78 is 7.66. The van der Waals surface area contributed by atoms with Crippen molar-refractivity contribution < 1.29 is 14.5 Å². The van der Waals surface area contributed by atoms with Crippen LogP contribution in [0.1, 0.15) is 17.3 Å². The van der Waals surface area contributed by atoms with Crippen molar-refractivity contribution in [1.82, 2.24) is 19.2 Å². The van der Waals surface area contributed by atoms with E-state index in [1.54, 1.807) is 19.1 Å². The number of non-ortho nitro benzene ring substituents is 1. The van der Waals surface area contributed by atoms with Crippen LogP contribution < -0.4 is 5.56 Å². The van der Waals surface area contributed by atoms with E-state index in [-0.39, 0.29) is 28.9 Å². The number of hydrogen-bond donors (Lipinski definition) is 0. The van der Waals surface area contributed by atoms with Gasteiger partial charge in [0.15, 0.2) is 5.65 Å². The molecule has 4 aromatic rings. The number of fused-ring (bicyclic) bond motifs is 3. The van der Waals surface area contributed by atoms with Crippen molar-refractivity contribution in [3.63, 3.8) is 0 Å². The zero-order valence-corrected chi connectivity index (χ0v) is 14.6. The molecule has 3 aromatic heterocycles. The molecule has 3 heterocycles. The monoisotopic (exact) mass is 379 g/mol. The molecule has 10 heteroatoms. The number of nitrogens with zero attached hydrogens (tertiary/aromatic N) is 5. The van der Waals surface area contributed by atoms with Crippen LogP contribution in [0.25, 0.3) is 22.2 Å². The zero-order chi connectivity index (χ0) is 19.8. The van der Waals surface area contributed by atoms with Crippen molar-refractivity contribution in [2.75, 3.05) is 6.61 Å². The average molecular weight is 379 g/mol. The first kappa shape index (κ1) is 17.3. The van der Waals surface area contributed by atoms with Crippen LogP contribution in [0.3, 0.4) is 0 Å². The first-order chi connectivity index (χ1) is 13.5. The maximum Gasteiger partial charge on any atom is 0.343 e. The van der Waals surface area contributed by atoms with E-state index in [1.165, 1.54) is 45.9 Å². The molecule has 0 N–H and O–H groups in total. The van der Waals surface area contributed by atoms with Gasteiger partial charge in [-0.2, -0.15) is 5.10 Å². The lowest BCUT2D eigenvalue weighted by atomic mass is 10.2. The lowest BCUT2D eigenvalue weighted by molar-refractivity contribution is -0.384. The SMILES string of the molecule is CCOC(=O)c1cnn2c1ncc1c(=O)n(-c3cccc([N+](=O)[O-])c3)ccc12. The van der Waals surface area contributed by atoms with Gasteiger partial charge in [-0.15, -0.1) is 0 Å². The number of ether oxygens (including phenoxy) is 1. The van der Waals surface area contributed by atoms with E-state index in [2.05, 4.69) is 10.1 Å². The Morgan fingerprint density at radius 2 is 2.11 bits per heavy atom. The van der Waals surface area contributed by atoms with Crippen LogP contribution in [0.15, 0.2) is 53.7 Å². The molecular formula is C18H13N5O5. The molecule has 0 aliphatic heterocycles. The highest BCUT2D eigenvalue weighted by Crippen LogP contribution is 2.19. The van der Waals surface area contributed by atoms with Gasteiger partial charge < -0.3 is 4.74 Å². The largest absolute Gasteiger partial charge is 0.462 e. The van der Waals surface area contributed by atoms with E-state index in [0.29, 0.717) is 11.2 Å². The molecule has 0 saturated heterocycles. The predicted octanol–water partition coefficient (Wildman–Crippen LogP) is 2.12. The van der Waals surface area contributed by atoms with E-state index in [0.717, 1.165) is 0 Å². The average Bonchev–Trinajstić information content (AvgIpc) is 3.13. The predicted molar refractivity (Wildman–Crippen MR) is 98.7 cm³/mol. The smallest absolute Gasteiger partial charge is 0.343 e. The molecule has 0 aliphatic carbocycles. The van der Waals surface area contributed by atoms with Crippen molar-refractivity contribution in [3.8, 4) is 5.69 Å². The van der Waals surface area contributed by atoms with E-state index >= 15 is 0 Å². The van der Waals surface area contributed by atoms with Crippen LogP contribution in [0.4, 0.5) is 5.69 Å². The fraction of sp³-hybridized carbons (Fsp3) is 0.111. The lowest BCUT2D eigenvalue weighted by Crippen LogP contribution is -2.19. The topological polar surface area (TPSA) is 122 Å². The van der Waals surface area contributed by atoms with Crippen molar-refractivity contribution in [2.45, 2.75) is 6.92 Å². The number of benzene rings is 1. The van der Waals surface area contributed by atoms with E-state index in [4.69, 9.17) is 4.74 Å². The third kappa shape index (κ3) is 2.67. The van der Waals surface area contributed by atoms with E-state index in [9.17, 15) is 19.7 Å². The van der Waals surface area contributed by atoms with E-state index in [1.807, 2.05) is 0 Å². The lowest BCUT2D eigenvalue weighted by Gasteiger charge is -2.08. The van der Waals surface area contributed by atoms with Gasteiger partial charge in [-0.3, -0.25) is 19.5 Å². The molecule has 140 valence electrons. The summed E-state index contributed by atoms with van der Waals surface area (Å²) >= 11 is 0. The number of esters is 1. The number of pyridine rings is 1. The number of carbonyl (C=O) groups is 1. The fourth-order valence-electron chi connectivity index (χ4n) is 2.93. The highest BCUT2D eigenvalue weighted by atomic mass is 16.6. The standard InChI is InChI=1S/C18H13N5O5/c1-2-28-18(25)14-10-20-22-15-6-7-21(17(24)13(15)9-19-16(14)22)11-4-3-5-12(8-11)23(26)27/h3-10H,2H2,1H3. The number of nitro groups is 1. The second-order valence-electron chi connectivity index (χ2n) is 5.84. The molecule has 0 radical (unpaired) electrons. The number of aromatic nitrogens is 4. The normalized spacial score (nSPS) is 11.0. The Morgan fingerprint density at radius 3 is 2.86 bits per heavy atom. The fourth-order valence-corrected chi connectivity index (χ4v) is 2.93. The molecular weight excluding hydrogens is 366 g/mol. The van der Waals surface area contributed by atoms with Gasteiger partial charge in [0.2, 0.25) is 0 Å². The Labute approximate surface area is 156 Å². The molecule has 0 bridgehead atoms. The minimum absolute atomic E-state index is 0.121. The summed E-state index contributed by atoms with van der Waals surface area (Å²) in [4.78, 5) is 39.6. The summed E-state index contributed by atoms with van der Waals surface area (Å²) in [6.07, 6.45) is 4.19. The zero-order valence-electron chi connectivity index (χ0n) is 14.6. The maximum atomic E-state index is 12.9. The Hall–Kier alpha value is -4.08. The van der Waals surface area contributed by atoms with Crippen LogP contribution >= 0.6 is 0 Å². The molecule has 0 amide bonds. The Balaban J connectivity index is 1.90. The van der Waals surface area contributed by atoms with Crippen molar-refractivity contribution in [3.05, 3.63) is 75.0 Å². The highest BCUT2D eigenvalue weighted by Gasteiger charge is 2.18. The van der Waals surface area contributed by atoms with Gasteiger partial charge in [0.05, 0.1) is 34.3 Å². The van der Waals surface area contributed by atoms with Gasteiger partial charge in [0, 0.05) is 24.5 Å². The van der Waals surface area contributed by atoms with Crippen LogP contribution in [0.5, 0.6) is 0 Å². The van der Waals surface area contributed by atoms with Crippen molar-refractivity contribution in [1.29, 1.82) is 0 Å². The van der Waals surface area contributed by atoms with Gasteiger partial charge >= 0.3 is 5.97 Å². The van der Waals surface area contributed by atoms with Gasteiger partial charge in [0.1, 0.15) is 5.56 Å². The van der Waals surface area contributed by atoms with Crippen LogP contribution in [0, 0.1) is 10.1 Å². The Morgan fingerprint density at radius 1 is 1.29 bits per heavy atom. The Kier molecular flexibility index (Phi) is 4.07. The molecule has 0 unspecified atom stereocenters. The number of hydrogen-bond acceptors (Lipinski definition) is 7. The van der Waals surface area contributed by atoms with Gasteiger partial charge in [-0.1, -0.05) is 6.07 Å². The molecule has 0 spiro atoms. The molecule has 0 fully saturated rings. The molecule has 0 saturated carbocycles. The summed E-state index contributed by atoms with van der Waals surface area (Å²) in [6, 6.07) is 7.39. The molecule has 10 nitrogen and oxygen atoms in total. The molecule has 28 heavy (non-hydrogen) atoms. The first-order valence-electron chi connectivity index (χ1n) is 8.31. The molecule has 4 rings (SSSR count). The summed E-state index contributed by atoms with van der Waals surface area (Å²) in [6.45, 7) is 1.92. The van der Waals surface area contributed by atoms with Gasteiger partial charge in [-0.05, 0) is 19.1 Å². The van der Waals surface area contributed by atoms with E-state index < -0.39 is 16.5 Å². The number of rotatable bonds is 4. The highest BCUT2D eigenvalue weighted by molar-refractivity contribution is 5.97. The second-order valence-corrected chi connectivity index (χ2v) is 5.84. The van der Waals surface area contributed by atoms with Gasteiger partial charge in [-0.25, -0.2) is 14.3 Å². The summed E-state index contributed by atoms with van der Waals surface area (Å²) in [5.74, 6) is -0.547. The summed E-state index contributed by atoms with van der Waals surface area (Å²) in [5, 5.41) is 15.4. The molecule has 0 aliphatic rings. The first-order valence-corrected chi connectivity index (χ1v) is 8.31. The molecule has 1 aromatic carbocycles. The van der Waals surface area contributed by atoms with Crippen molar-refractivity contribution >= 4 is 28.2 Å². The van der Waals surface area contributed by atoms with Crippen LogP contribution in [-0.2, 0) is 4.74 Å². The molecule has 0 atom stereocenters. The quantitative estimate of drug-likeness (QED) is 0.302. The maximum absolute atomic E-state index is 12.9. The van der Waals surface area contributed by atoms with Crippen LogP contribution in [0.2, 0.25) is 0 Å². The second kappa shape index (κ2) is 6.58. The van der Waals surface area contributed by atoms with Gasteiger partial charge in [0.25, 0.3) is 11.2 Å². The number of carbonyl (C=O) groups excluding carboxylic acids is 1.